The second-order valence-corrected chi connectivity index (χ2v) is 6.70. The molecule has 0 fully saturated rings. The summed E-state index contributed by atoms with van der Waals surface area (Å²) in [6.45, 7) is 2.58. The minimum atomic E-state index is -0.0704. The summed E-state index contributed by atoms with van der Waals surface area (Å²) < 4.78 is 0. The summed E-state index contributed by atoms with van der Waals surface area (Å²) in [6, 6.07) is 17.9. The standard InChI is InChI=1S/C19H17N5OS/c1-2-23(16-10-5-8-14-7-3-4-9-15(14)16)18(25)13-24-21-19(20-22-24)17-11-6-12-26-17/h3-12H,2,13H2,1H3. The van der Waals surface area contributed by atoms with E-state index in [0.29, 0.717) is 12.4 Å². The number of rotatable bonds is 5. The quantitative estimate of drug-likeness (QED) is 0.543. The fraction of sp³-hybridized carbons (Fsp3) is 0.158. The Balaban J connectivity index is 1.60. The lowest BCUT2D eigenvalue weighted by Crippen LogP contribution is -2.34. The molecule has 7 heteroatoms. The first-order valence-electron chi connectivity index (χ1n) is 8.36. The Hall–Kier alpha value is -3.06. The van der Waals surface area contributed by atoms with Gasteiger partial charge in [-0.1, -0.05) is 42.5 Å². The number of amides is 1. The van der Waals surface area contributed by atoms with Crippen LogP contribution in [0.2, 0.25) is 0 Å². The third-order valence-electron chi connectivity index (χ3n) is 4.15. The highest BCUT2D eigenvalue weighted by Gasteiger charge is 2.18. The van der Waals surface area contributed by atoms with Crippen molar-refractivity contribution in [3.05, 3.63) is 60.0 Å². The van der Waals surface area contributed by atoms with Gasteiger partial charge in [0.25, 0.3) is 5.91 Å². The predicted molar refractivity (Wildman–Crippen MR) is 103 cm³/mol. The van der Waals surface area contributed by atoms with E-state index in [1.165, 1.54) is 4.80 Å². The Kier molecular flexibility index (Phi) is 4.45. The molecule has 2 aromatic heterocycles. The molecule has 4 aromatic rings. The largest absolute Gasteiger partial charge is 0.310 e. The first-order chi connectivity index (χ1) is 12.8. The summed E-state index contributed by atoms with van der Waals surface area (Å²) >= 11 is 1.54. The molecule has 0 N–H and O–H groups in total. The second kappa shape index (κ2) is 7.05. The van der Waals surface area contributed by atoms with Gasteiger partial charge in [0.05, 0.1) is 10.6 Å². The number of tetrazole rings is 1. The summed E-state index contributed by atoms with van der Waals surface area (Å²) in [4.78, 5) is 16.9. The molecular formula is C19H17N5OS. The van der Waals surface area contributed by atoms with Gasteiger partial charge in [-0.2, -0.15) is 4.80 Å². The van der Waals surface area contributed by atoms with Crippen LogP contribution in [0.3, 0.4) is 0 Å². The molecule has 0 aliphatic heterocycles. The third kappa shape index (κ3) is 3.09. The highest BCUT2D eigenvalue weighted by molar-refractivity contribution is 7.13. The number of thiophene rings is 1. The van der Waals surface area contributed by atoms with Crippen LogP contribution in [0, 0.1) is 0 Å². The molecule has 0 atom stereocenters. The van der Waals surface area contributed by atoms with Crippen LogP contribution in [-0.4, -0.2) is 32.7 Å². The first-order valence-corrected chi connectivity index (χ1v) is 9.24. The van der Waals surface area contributed by atoms with Crippen LogP contribution in [-0.2, 0) is 11.3 Å². The van der Waals surface area contributed by atoms with Gasteiger partial charge in [0, 0.05) is 11.9 Å². The van der Waals surface area contributed by atoms with E-state index < -0.39 is 0 Å². The number of carbonyl (C=O) groups is 1. The number of likely N-dealkylation sites (N-methyl/N-ethyl adjacent to an activating group) is 1. The number of carbonyl (C=O) groups excluding carboxylic acids is 1. The third-order valence-corrected chi connectivity index (χ3v) is 5.01. The molecule has 4 rings (SSSR count). The van der Waals surface area contributed by atoms with Crippen LogP contribution in [0.4, 0.5) is 5.69 Å². The van der Waals surface area contributed by atoms with Gasteiger partial charge < -0.3 is 4.90 Å². The van der Waals surface area contributed by atoms with E-state index >= 15 is 0 Å². The Bertz CT molecular complexity index is 1040. The zero-order valence-electron chi connectivity index (χ0n) is 14.2. The average molecular weight is 363 g/mol. The van der Waals surface area contributed by atoms with Crippen molar-refractivity contribution in [3.63, 3.8) is 0 Å². The van der Waals surface area contributed by atoms with Crippen LogP contribution in [0.15, 0.2) is 60.0 Å². The fourth-order valence-electron chi connectivity index (χ4n) is 2.95. The van der Waals surface area contributed by atoms with E-state index in [1.807, 2.05) is 66.9 Å². The minimum absolute atomic E-state index is 0.0510. The fourth-order valence-corrected chi connectivity index (χ4v) is 3.59. The number of hydrogen-bond acceptors (Lipinski definition) is 5. The van der Waals surface area contributed by atoms with Crippen molar-refractivity contribution in [2.45, 2.75) is 13.5 Å². The van der Waals surface area contributed by atoms with Crippen LogP contribution in [0.25, 0.3) is 21.5 Å². The molecule has 6 nitrogen and oxygen atoms in total. The Morgan fingerprint density at radius 2 is 1.96 bits per heavy atom. The van der Waals surface area contributed by atoms with E-state index in [0.717, 1.165) is 21.3 Å². The van der Waals surface area contributed by atoms with E-state index in [-0.39, 0.29) is 12.5 Å². The number of nitrogens with zero attached hydrogens (tertiary/aromatic N) is 5. The van der Waals surface area contributed by atoms with Gasteiger partial charge in [0.15, 0.2) is 0 Å². The summed E-state index contributed by atoms with van der Waals surface area (Å²) in [7, 11) is 0. The normalized spacial score (nSPS) is 11.0. The Morgan fingerprint density at radius 1 is 1.12 bits per heavy atom. The molecule has 0 unspecified atom stereocenters. The molecular weight excluding hydrogens is 346 g/mol. The molecule has 26 heavy (non-hydrogen) atoms. The number of fused-ring (bicyclic) bond motifs is 1. The van der Waals surface area contributed by atoms with Crippen molar-refractivity contribution in [2.75, 3.05) is 11.4 Å². The van der Waals surface area contributed by atoms with E-state index in [1.54, 1.807) is 16.2 Å². The van der Waals surface area contributed by atoms with Gasteiger partial charge in [-0.25, -0.2) is 0 Å². The van der Waals surface area contributed by atoms with Crippen molar-refractivity contribution in [3.8, 4) is 10.7 Å². The average Bonchev–Trinajstić information content (AvgIpc) is 3.34. The molecule has 0 aliphatic carbocycles. The number of aromatic nitrogens is 4. The van der Waals surface area contributed by atoms with E-state index in [2.05, 4.69) is 15.4 Å². The SMILES string of the molecule is CCN(C(=O)Cn1nnc(-c2cccs2)n1)c1cccc2ccccc12. The highest BCUT2D eigenvalue weighted by Crippen LogP contribution is 2.27. The van der Waals surface area contributed by atoms with Crippen molar-refractivity contribution in [1.29, 1.82) is 0 Å². The topological polar surface area (TPSA) is 63.9 Å². The van der Waals surface area contributed by atoms with Gasteiger partial charge in [0.2, 0.25) is 5.82 Å². The maximum atomic E-state index is 12.9. The van der Waals surface area contributed by atoms with Crippen molar-refractivity contribution < 1.29 is 4.79 Å². The monoisotopic (exact) mass is 363 g/mol. The molecule has 2 aromatic carbocycles. The van der Waals surface area contributed by atoms with Crippen LogP contribution >= 0.6 is 11.3 Å². The molecule has 130 valence electrons. The van der Waals surface area contributed by atoms with Gasteiger partial charge in [-0.15, -0.1) is 21.5 Å². The van der Waals surface area contributed by atoms with Gasteiger partial charge in [0.1, 0.15) is 6.54 Å². The highest BCUT2D eigenvalue weighted by atomic mass is 32.1. The van der Waals surface area contributed by atoms with Crippen LogP contribution < -0.4 is 4.90 Å². The lowest BCUT2D eigenvalue weighted by molar-refractivity contribution is -0.119. The number of anilines is 1. The minimum Gasteiger partial charge on any atom is -0.310 e. The summed E-state index contributed by atoms with van der Waals surface area (Å²) in [5.41, 5.74) is 0.897. The summed E-state index contributed by atoms with van der Waals surface area (Å²) in [5.74, 6) is 0.472. The smallest absolute Gasteiger partial charge is 0.250 e. The lowest BCUT2D eigenvalue weighted by atomic mass is 10.1. The molecule has 0 aliphatic rings. The summed E-state index contributed by atoms with van der Waals surface area (Å²) in [5, 5.41) is 16.5. The maximum Gasteiger partial charge on any atom is 0.250 e. The molecule has 2 heterocycles. The molecule has 0 saturated heterocycles. The van der Waals surface area contributed by atoms with Gasteiger partial charge in [-0.3, -0.25) is 4.79 Å². The Labute approximate surface area is 154 Å². The Morgan fingerprint density at radius 3 is 2.77 bits per heavy atom. The van der Waals surface area contributed by atoms with Crippen molar-refractivity contribution in [2.24, 2.45) is 0 Å². The molecule has 0 spiro atoms. The van der Waals surface area contributed by atoms with E-state index in [9.17, 15) is 4.79 Å². The predicted octanol–water partition coefficient (Wildman–Crippen LogP) is 3.61. The maximum absolute atomic E-state index is 12.9. The zero-order valence-corrected chi connectivity index (χ0v) is 15.1. The molecule has 0 bridgehead atoms. The summed E-state index contributed by atoms with van der Waals surface area (Å²) in [6.07, 6.45) is 0. The first kappa shape index (κ1) is 16.4. The van der Waals surface area contributed by atoms with Gasteiger partial charge in [-0.05, 0) is 35.0 Å². The van der Waals surface area contributed by atoms with Crippen LogP contribution in [0.1, 0.15) is 6.92 Å². The van der Waals surface area contributed by atoms with Gasteiger partial charge >= 0.3 is 0 Å². The lowest BCUT2D eigenvalue weighted by Gasteiger charge is -2.22. The van der Waals surface area contributed by atoms with E-state index in [4.69, 9.17) is 0 Å². The van der Waals surface area contributed by atoms with Crippen LogP contribution in [0.5, 0.6) is 0 Å². The molecule has 0 radical (unpaired) electrons. The number of hydrogen-bond donors (Lipinski definition) is 0. The van der Waals surface area contributed by atoms with Crippen molar-refractivity contribution in [1.82, 2.24) is 20.2 Å². The zero-order chi connectivity index (χ0) is 17.9. The molecule has 0 saturated carbocycles. The van der Waals surface area contributed by atoms with Crippen molar-refractivity contribution >= 4 is 33.7 Å². The second-order valence-electron chi connectivity index (χ2n) is 5.76. The molecule has 1 amide bonds. The number of benzene rings is 2.